The third-order valence-corrected chi connectivity index (χ3v) is 6.58. The van der Waals surface area contributed by atoms with E-state index >= 15 is 0 Å². The van der Waals surface area contributed by atoms with Crippen LogP contribution in [0.25, 0.3) is 21.8 Å². The van der Waals surface area contributed by atoms with Gasteiger partial charge in [0, 0.05) is 30.6 Å². The van der Waals surface area contributed by atoms with Crippen molar-refractivity contribution in [3.8, 4) is 5.75 Å². The van der Waals surface area contributed by atoms with Gasteiger partial charge in [0.1, 0.15) is 18.2 Å². The van der Waals surface area contributed by atoms with Gasteiger partial charge in [-0.3, -0.25) is 9.48 Å². The molecule has 1 amide bonds. The van der Waals surface area contributed by atoms with Gasteiger partial charge in [-0.25, -0.2) is 4.98 Å². The smallest absolute Gasteiger partial charge is 0.254 e. The van der Waals surface area contributed by atoms with Crippen molar-refractivity contribution < 1.29 is 9.53 Å². The summed E-state index contributed by atoms with van der Waals surface area (Å²) in [5.41, 5.74) is 10.7. The maximum absolute atomic E-state index is 13.4. The standard InChI is InChI=1S/C24H23N5O2/c1-28(20-12-31-21-10-14(13-3-4-13)5-7-16(20)21)24(30)15-6-8-19-17(9-15)22-18(23(25)27-19)11-26-29(22)2/h5-11,13,20H,3-4,12H2,1-2H3,(H2,25,27)/t20-/m1/s1. The van der Waals surface area contributed by atoms with Crippen molar-refractivity contribution in [3.05, 3.63) is 59.3 Å². The van der Waals surface area contributed by atoms with Gasteiger partial charge in [-0.05, 0) is 48.6 Å². The number of aryl methyl sites for hydroxylation is 1. The summed E-state index contributed by atoms with van der Waals surface area (Å²) in [5, 5.41) is 5.96. The lowest BCUT2D eigenvalue weighted by atomic mass is 10.0. The van der Waals surface area contributed by atoms with Crippen LogP contribution < -0.4 is 10.5 Å². The minimum Gasteiger partial charge on any atom is -0.491 e. The van der Waals surface area contributed by atoms with Gasteiger partial charge in [-0.15, -0.1) is 0 Å². The number of aromatic nitrogens is 3. The Morgan fingerprint density at radius 3 is 2.84 bits per heavy atom. The minimum atomic E-state index is -0.104. The first-order chi connectivity index (χ1) is 15.0. The van der Waals surface area contributed by atoms with E-state index < -0.39 is 0 Å². The van der Waals surface area contributed by atoms with E-state index in [9.17, 15) is 4.79 Å². The Kier molecular flexibility index (Phi) is 3.78. The minimum absolute atomic E-state index is 0.0539. The molecule has 2 aromatic heterocycles. The number of carbonyl (C=O) groups excluding carboxylic acids is 1. The SMILES string of the molecule is CN(C(=O)c1ccc2nc(N)c3cnn(C)c3c2c1)[C@@H]1COc2cc(C3CC3)ccc21. The average molecular weight is 413 g/mol. The second-order valence-corrected chi connectivity index (χ2v) is 8.57. The van der Waals surface area contributed by atoms with E-state index in [-0.39, 0.29) is 11.9 Å². The zero-order valence-corrected chi connectivity index (χ0v) is 17.5. The second-order valence-electron chi connectivity index (χ2n) is 8.57. The largest absolute Gasteiger partial charge is 0.491 e. The number of pyridine rings is 1. The highest BCUT2D eigenvalue weighted by Gasteiger charge is 2.33. The number of nitrogen functional groups attached to an aromatic ring is 1. The van der Waals surface area contributed by atoms with Gasteiger partial charge in [0.25, 0.3) is 5.91 Å². The lowest BCUT2D eigenvalue weighted by Crippen LogP contribution is -2.32. The van der Waals surface area contributed by atoms with Crippen LogP contribution in [0.3, 0.4) is 0 Å². The zero-order valence-electron chi connectivity index (χ0n) is 17.5. The predicted molar refractivity (Wildman–Crippen MR) is 119 cm³/mol. The predicted octanol–water partition coefficient (Wildman–Crippen LogP) is 3.79. The summed E-state index contributed by atoms with van der Waals surface area (Å²) in [6, 6.07) is 11.9. The van der Waals surface area contributed by atoms with Crippen molar-refractivity contribution in [1.29, 1.82) is 0 Å². The van der Waals surface area contributed by atoms with Crippen molar-refractivity contribution in [2.75, 3.05) is 19.4 Å². The molecular formula is C24H23N5O2. The Bertz CT molecular complexity index is 1370. The van der Waals surface area contributed by atoms with Crippen LogP contribution in [0.15, 0.2) is 42.6 Å². The maximum Gasteiger partial charge on any atom is 0.254 e. The van der Waals surface area contributed by atoms with Crippen LogP contribution in [-0.4, -0.2) is 39.2 Å². The third kappa shape index (κ3) is 2.76. The van der Waals surface area contributed by atoms with E-state index in [1.54, 1.807) is 15.8 Å². The summed E-state index contributed by atoms with van der Waals surface area (Å²) in [6.45, 7) is 0.476. The zero-order chi connectivity index (χ0) is 21.3. The van der Waals surface area contributed by atoms with E-state index in [1.807, 2.05) is 32.3 Å². The average Bonchev–Trinajstić information content (AvgIpc) is 3.43. The topological polar surface area (TPSA) is 86.3 Å². The van der Waals surface area contributed by atoms with Crippen molar-refractivity contribution in [1.82, 2.24) is 19.7 Å². The van der Waals surface area contributed by atoms with Crippen LogP contribution >= 0.6 is 0 Å². The molecule has 0 saturated heterocycles. The summed E-state index contributed by atoms with van der Waals surface area (Å²) in [7, 11) is 3.70. The highest BCUT2D eigenvalue weighted by atomic mass is 16.5. The first kappa shape index (κ1) is 18.2. The first-order valence-corrected chi connectivity index (χ1v) is 10.6. The lowest BCUT2D eigenvalue weighted by molar-refractivity contribution is 0.0708. The van der Waals surface area contributed by atoms with Gasteiger partial charge >= 0.3 is 0 Å². The number of ether oxygens (including phenoxy) is 1. The Hall–Kier alpha value is -3.61. The summed E-state index contributed by atoms with van der Waals surface area (Å²) in [6.07, 6.45) is 4.22. The lowest BCUT2D eigenvalue weighted by Gasteiger charge is -2.24. The molecule has 4 aromatic rings. The van der Waals surface area contributed by atoms with E-state index in [2.05, 4.69) is 28.3 Å². The van der Waals surface area contributed by atoms with Crippen molar-refractivity contribution in [3.63, 3.8) is 0 Å². The molecular weight excluding hydrogens is 390 g/mol. The molecule has 2 aliphatic rings. The number of benzene rings is 2. The molecule has 7 nitrogen and oxygen atoms in total. The van der Waals surface area contributed by atoms with Crippen LogP contribution in [0.5, 0.6) is 5.75 Å². The van der Waals surface area contributed by atoms with Crippen LogP contribution in [-0.2, 0) is 7.05 Å². The fraction of sp³-hybridized carbons (Fsp3) is 0.292. The molecule has 0 unspecified atom stereocenters. The molecule has 0 spiro atoms. The molecule has 2 aromatic carbocycles. The fourth-order valence-corrected chi connectivity index (χ4v) is 4.64. The fourth-order valence-electron chi connectivity index (χ4n) is 4.64. The number of rotatable bonds is 3. The Balaban J connectivity index is 1.36. The number of likely N-dealkylation sites (N-methyl/N-ethyl adjacent to an activating group) is 1. The van der Waals surface area contributed by atoms with E-state index in [4.69, 9.17) is 10.5 Å². The second kappa shape index (κ2) is 6.44. The molecule has 0 bridgehead atoms. The molecule has 2 N–H and O–H groups in total. The highest BCUT2D eigenvalue weighted by Crippen LogP contribution is 2.44. The van der Waals surface area contributed by atoms with Crippen LogP contribution in [0.2, 0.25) is 0 Å². The number of fused-ring (bicyclic) bond motifs is 4. The molecule has 1 aliphatic heterocycles. The Labute approximate surface area is 179 Å². The van der Waals surface area contributed by atoms with Crippen molar-refractivity contribution in [2.45, 2.75) is 24.8 Å². The highest BCUT2D eigenvalue weighted by molar-refractivity contribution is 6.10. The molecule has 1 aliphatic carbocycles. The van der Waals surface area contributed by atoms with Gasteiger partial charge in [0.2, 0.25) is 0 Å². The molecule has 1 fully saturated rings. The molecule has 1 saturated carbocycles. The number of nitrogens with zero attached hydrogens (tertiary/aromatic N) is 4. The molecule has 31 heavy (non-hydrogen) atoms. The molecule has 3 heterocycles. The maximum atomic E-state index is 13.4. The third-order valence-electron chi connectivity index (χ3n) is 6.58. The molecule has 156 valence electrons. The normalized spacial score (nSPS) is 17.7. The first-order valence-electron chi connectivity index (χ1n) is 10.6. The molecule has 7 heteroatoms. The Morgan fingerprint density at radius 1 is 1.19 bits per heavy atom. The number of hydrogen-bond donors (Lipinski definition) is 1. The Morgan fingerprint density at radius 2 is 2.03 bits per heavy atom. The van der Waals surface area contributed by atoms with Gasteiger partial charge in [0.05, 0.1) is 28.7 Å². The number of amides is 1. The summed E-state index contributed by atoms with van der Waals surface area (Å²) in [5.74, 6) is 1.97. The van der Waals surface area contributed by atoms with E-state index in [1.165, 1.54) is 18.4 Å². The van der Waals surface area contributed by atoms with Gasteiger partial charge < -0.3 is 15.4 Å². The van der Waals surface area contributed by atoms with Gasteiger partial charge in [-0.2, -0.15) is 5.10 Å². The van der Waals surface area contributed by atoms with E-state index in [0.717, 1.165) is 33.1 Å². The van der Waals surface area contributed by atoms with Crippen molar-refractivity contribution >= 4 is 33.5 Å². The molecule has 0 radical (unpaired) electrons. The summed E-state index contributed by atoms with van der Waals surface area (Å²) in [4.78, 5) is 19.6. The van der Waals surface area contributed by atoms with Gasteiger partial charge in [-0.1, -0.05) is 12.1 Å². The number of hydrogen-bond acceptors (Lipinski definition) is 5. The quantitative estimate of drug-likeness (QED) is 0.552. The van der Waals surface area contributed by atoms with Gasteiger partial charge in [0.15, 0.2) is 0 Å². The van der Waals surface area contributed by atoms with Crippen LogP contribution in [0, 0.1) is 0 Å². The van der Waals surface area contributed by atoms with Crippen LogP contribution in [0.1, 0.15) is 46.3 Å². The monoisotopic (exact) mass is 413 g/mol. The van der Waals surface area contributed by atoms with Crippen molar-refractivity contribution in [2.24, 2.45) is 7.05 Å². The molecule has 6 rings (SSSR count). The number of carbonyl (C=O) groups is 1. The number of anilines is 1. The summed E-state index contributed by atoms with van der Waals surface area (Å²) < 4.78 is 7.72. The van der Waals surface area contributed by atoms with E-state index in [0.29, 0.717) is 23.9 Å². The number of nitrogens with two attached hydrogens (primary N) is 1. The van der Waals surface area contributed by atoms with Crippen LogP contribution in [0.4, 0.5) is 5.82 Å². The molecule has 1 atom stereocenters. The summed E-state index contributed by atoms with van der Waals surface area (Å²) >= 11 is 0.